The van der Waals surface area contributed by atoms with E-state index in [2.05, 4.69) is 15.8 Å². The van der Waals surface area contributed by atoms with Crippen molar-refractivity contribution in [1.29, 1.82) is 0 Å². The van der Waals surface area contributed by atoms with Crippen LogP contribution in [0.2, 0.25) is 0 Å². The first-order valence-corrected chi connectivity index (χ1v) is 9.30. The van der Waals surface area contributed by atoms with Crippen molar-refractivity contribution in [3.05, 3.63) is 11.8 Å². The molecule has 1 aliphatic heterocycles. The maximum absolute atomic E-state index is 12.8. The number of aromatic nitrogens is 1. The van der Waals surface area contributed by atoms with Crippen LogP contribution in [0.1, 0.15) is 45.3 Å². The Kier molecular flexibility index (Phi) is 5.39. The van der Waals surface area contributed by atoms with Crippen molar-refractivity contribution in [2.75, 3.05) is 11.9 Å². The summed E-state index contributed by atoms with van der Waals surface area (Å²) in [5.74, 6) is -1.14. The topological polar surface area (TPSA) is 131 Å². The molecule has 2 aliphatic rings. The van der Waals surface area contributed by atoms with Crippen LogP contribution in [-0.4, -0.2) is 52.1 Å². The first-order valence-electron chi connectivity index (χ1n) is 9.30. The van der Waals surface area contributed by atoms with Gasteiger partial charge in [-0.1, -0.05) is 24.9 Å². The molecule has 4 amide bonds. The van der Waals surface area contributed by atoms with Crippen LogP contribution in [0.5, 0.6) is 0 Å². The van der Waals surface area contributed by atoms with Gasteiger partial charge in [0, 0.05) is 6.07 Å². The molecular formula is C18H24N4O6. The van der Waals surface area contributed by atoms with E-state index in [1.807, 2.05) is 6.92 Å². The number of carbonyl (C=O) groups excluding carboxylic acids is 4. The van der Waals surface area contributed by atoms with Gasteiger partial charge < -0.3 is 19.9 Å². The van der Waals surface area contributed by atoms with Crippen LogP contribution in [0.25, 0.3) is 0 Å². The molecule has 1 saturated carbocycles. The van der Waals surface area contributed by atoms with E-state index >= 15 is 0 Å². The molecule has 1 saturated heterocycles. The molecule has 2 N–H and O–H groups in total. The Morgan fingerprint density at radius 2 is 2.21 bits per heavy atom. The normalized spacial score (nSPS) is 25.5. The van der Waals surface area contributed by atoms with E-state index in [-0.39, 0.29) is 11.7 Å². The van der Waals surface area contributed by atoms with E-state index < -0.39 is 42.0 Å². The molecule has 0 radical (unpaired) electrons. The van der Waals surface area contributed by atoms with Crippen LogP contribution >= 0.6 is 0 Å². The lowest BCUT2D eigenvalue weighted by atomic mass is 9.73. The average molecular weight is 392 g/mol. The molecule has 1 spiro atoms. The van der Waals surface area contributed by atoms with Crippen LogP contribution in [0.15, 0.2) is 10.6 Å². The zero-order valence-electron chi connectivity index (χ0n) is 16.1. The smallest absolute Gasteiger partial charge is 0.327 e. The minimum Gasteiger partial charge on any atom is -0.451 e. The highest BCUT2D eigenvalue weighted by Crippen LogP contribution is 2.38. The van der Waals surface area contributed by atoms with Gasteiger partial charge in [0.05, 0.1) is 0 Å². The van der Waals surface area contributed by atoms with Crippen molar-refractivity contribution >= 4 is 29.6 Å². The number of ether oxygens (including phenoxy) is 1. The molecule has 10 heteroatoms. The van der Waals surface area contributed by atoms with Crippen LogP contribution in [-0.2, 0) is 19.1 Å². The Morgan fingerprint density at radius 3 is 2.86 bits per heavy atom. The second kappa shape index (κ2) is 7.61. The number of rotatable bonds is 5. The summed E-state index contributed by atoms with van der Waals surface area (Å²) in [4.78, 5) is 50.3. The SMILES string of the molecule is Cc1cc(NC(=O)[C@H](C)OC(=O)CN2C(=O)N[C@@]3(CCCC[C@@H]3C)C2=O)no1. The van der Waals surface area contributed by atoms with Crippen LogP contribution in [0.3, 0.4) is 0 Å². The van der Waals surface area contributed by atoms with Crippen molar-refractivity contribution in [1.82, 2.24) is 15.4 Å². The Balaban J connectivity index is 1.57. The molecule has 3 atom stereocenters. The molecule has 2 fully saturated rings. The molecule has 3 rings (SSSR count). The second-order valence-electron chi connectivity index (χ2n) is 7.38. The predicted octanol–water partition coefficient (Wildman–Crippen LogP) is 1.35. The maximum atomic E-state index is 12.8. The molecule has 0 unspecified atom stereocenters. The molecular weight excluding hydrogens is 368 g/mol. The number of carbonyl (C=O) groups is 4. The molecule has 10 nitrogen and oxygen atoms in total. The quantitative estimate of drug-likeness (QED) is 0.571. The summed E-state index contributed by atoms with van der Waals surface area (Å²) in [5, 5.41) is 8.84. The molecule has 28 heavy (non-hydrogen) atoms. The second-order valence-corrected chi connectivity index (χ2v) is 7.38. The van der Waals surface area contributed by atoms with Gasteiger partial charge >= 0.3 is 12.0 Å². The van der Waals surface area contributed by atoms with Gasteiger partial charge in [-0.2, -0.15) is 0 Å². The largest absolute Gasteiger partial charge is 0.451 e. The minimum absolute atomic E-state index is 0.00524. The van der Waals surface area contributed by atoms with Crippen molar-refractivity contribution in [2.45, 2.75) is 58.1 Å². The Hall–Kier alpha value is -2.91. The van der Waals surface area contributed by atoms with Crippen molar-refractivity contribution < 1.29 is 28.4 Å². The Labute approximate surface area is 161 Å². The van der Waals surface area contributed by atoms with Gasteiger partial charge in [0.25, 0.3) is 11.8 Å². The van der Waals surface area contributed by atoms with Gasteiger partial charge in [0.1, 0.15) is 17.8 Å². The third-order valence-electron chi connectivity index (χ3n) is 5.35. The van der Waals surface area contributed by atoms with Crippen LogP contribution < -0.4 is 10.6 Å². The lowest BCUT2D eigenvalue weighted by molar-refractivity contribution is -0.155. The van der Waals surface area contributed by atoms with Crippen LogP contribution in [0.4, 0.5) is 10.6 Å². The van der Waals surface area contributed by atoms with E-state index in [9.17, 15) is 19.2 Å². The highest BCUT2D eigenvalue weighted by atomic mass is 16.5. The van der Waals surface area contributed by atoms with E-state index in [1.54, 1.807) is 6.92 Å². The van der Waals surface area contributed by atoms with Gasteiger partial charge in [-0.15, -0.1) is 0 Å². The fraction of sp³-hybridized carbons (Fsp3) is 0.611. The van der Waals surface area contributed by atoms with Gasteiger partial charge in [0.15, 0.2) is 11.9 Å². The van der Waals surface area contributed by atoms with E-state index in [1.165, 1.54) is 13.0 Å². The zero-order valence-corrected chi connectivity index (χ0v) is 16.1. The standard InChI is InChI=1S/C18H24N4O6/c1-10-6-4-5-7-18(10)16(25)22(17(26)20-18)9-14(23)27-12(3)15(24)19-13-8-11(2)28-21-13/h8,10,12H,4-7,9H2,1-3H3,(H,20,26)(H,19,21,24)/t10-,12-,18+/m0/s1. The summed E-state index contributed by atoms with van der Waals surface area (Å²) >= 11 is 0. The van der Waals surface area contributed by atoms with Gasteiger partial charge in [-0.05, 0) is 32.6 Å². The number of aryl methyl sites for hydroxylation is 1. The van der Waals surface area contributed by atoms with Gasteiger partial charge in [-0.3, -0.25) is 19.3 Å². The van der Waals surface area contributed by atoms with Gasteiger partial charge in [0.2, 0.25) is 0 Å². The van der Waals surface area contributed by atoms with E-state index in [0.717, 1.165) is 24.2 Å². The summed E-state index contributed by atoms with van der Waals surface area (Å²) in [7, 11) is 0. The first kappa shape index (κ1) is 19.8. The number of nitrogens with zero attached hydrogens (tertiary/aromatic N) is 2. The Bertz CT molecular complexity index is 806. The average Bonchev–Trinajstić information content (AvgIpc) is 3.14. The highest BCUT2D eigenvalue weighted by Gasteiger charge is 2.55. The monoisotopic (exact) mass is 392 g/mol. The zero-order chi connectivity index (χ0) is 20.5. The van der Waals surface area contributed by atoms with E-state index in [4.69, 9.17) is 9.26 Å². The van der Waals surface area contributed by atoms with E-state index in [0.29, 0.717) is 12.2 Å². The summed E-state index contributed by atoms with van der Waals surface area (Å²) < 4.78 is 9.91. The highest BCUT2D eigenvalue weighted by molar-refractivity contribution is 6.09. The van der Waals surface area contributed by atoms with Crippen LogP contribution in [0, 0.1) is 12.8 Å². The molecule has 0 aromatic carbocycles. The molecule has 1 aliphatic carbocycles. The summed E-state index contributed by atoms with van der Waals surface area (Å²) in [6.45, 7) is 4.44. The molecule has 0 bridgehead atoms. The summed E-state index contributed by atoms with van der Waals surface area (Å²) in [6, 6.07) is 0.913. The maximum Gasteiger partial charge on any atom is 0.327 e. The number of amides is 4. The summed E-state index contributed by atoms with van der Waals surface area (Å²) in [6.07, 6.45) is 2.11. The first-order chi connectivity index (χ1) is 13.2. The summed E-state index contributed by atoms with van der Waals surface area (Å²) in [5.41, 5.74) is -0.941. The van der Waals surface area contributed by atoms with Crippen molar-refractivity contribution in [2.24, 2.45) is 5.92 Å². The number of imide groups is 1. The fourth-order valence-corrected chi connectivity index (χ4v) is 3.71. The third-order valence-corrected chi connectivity index (χ3v) is 5.35. The van der Waals surface area contributed by atoms with Gasteiger partial charge in [-0.25, -0.2) is 4.79 Å². The molecule has 152 valence electrons. The number of urea groups is 1. The number of esters is 1. The minimum atomic E-state index is -1.13. The number of nitrogens with one attached hydrogen (secondary N) is 2. The third kappa shape index (κ3) is 3.71. The number of anilines is 1. The lowest BCUT2D eigenvalue weighted by Gasteiger charge is -2.36. The van der Waals surface area contributed by atoms with Crippen molar-refractivity contribution in [3.63, 3.8) is 0 Å². The lowest BCUT2D eigenvalue weighted by Crippen LogP contribution is -2.54. The number of hydrogen-bond acceptors (Lipinski definition) is 7. The molecule has 2 heterocycles. The number of hydrogen-bond donors (Lipinski definition) is 2. The predicted molar refractivity (Wildman–Crippen MR) is 96.0 cm³/mol. The Morgan fingerprint density at radius 1 is 1.46 bits per heavy atom. The fourth-order valence-electron chi connectivity index (χ4n) is 3.71. The van der Waals surface area contributed by atoms with Crippen molar-refractivity contribution in [3.8, 4) is 0 Å². The molecule has 1 aromatic rings. The molecule has 1 aromatic heterocycles.